The lowest BCUT2D eigenvalue weighted by molar-refractivity contribution is -0.139. The molecule has 7 heteroatoms. The van der Waals surface area contributed by atoms with E-state index >= 15 is 0 Å². The minimum absolute atomic E-state index is 0.166. The van der Waals surface area contributed by atoms with Crippen molar-refractivity contribution in [1.29, 1.82) is 0 Å². The fraction of sp³-hybridized carbons (Fsp3) is 0.389. The second kappa shape index (κ2) is 7.83. The molecule has 1 heterocycles. The van der Waals surface area contributed by atoms with E-state index in [-0.39, 0.29) is 5.91 Å². The van der Waals surface area contributed by atoms with Gasteiger partial charge in [0, 0.05) is 12.7 Å². The zero-order chi connectivity index (χ0) is 17.6. The molecule has 1 aromatic heterocycles. The van der Waals surface area contributed by atoms with Crippen LogP contribution in [0.3, 0.4) is 0 Å². The van der Waals surface area contributed by atoms with E-state index in [1.165, 1.54) is 12.8 Å². The summed E-state index contributed by atoms with van der Waals surface area (Å²) in [5.74, 6) is -0.731. The molecular formula is C18H21N3O4. The Labute approximate surface area is 145 Å². The van der Waals surface area contributed by atoms with Gasteiger partial charge in [-0.15, -0.1) is 0 Å². The first kappa shape index (κ1) is 17.0. The molecule has 0 spiro atoms. The monoisotopic (exact) mass is 343 g/mol. The topological polar surface area (TPSA) is 93.4 Å². The standard InChI is InChI=1S/C18H21N3O4/c22-17(23)12-25-15-7-3-4-13(10-15)11-19-18(24)16-8-9-20-21(16)14-5-1-2-6-14/h3-4,7-10,14H,1-2,5-6,11-12H2,(H,19,24)(H,22,23). The zero-order valence-corrected chi connectivity index (χ0v) is 13.9. The third kappa shape index (κ3) is 4.37. The number of nitrogens with one attached hydrogen (secondary N) is 1. The molecule has 0 saturated heterocycles. The quantitative estimate of drug-likeness (QED) is 0.805. The Morgan fingerprint density at radius 3 is 2.84 bits per heavy atom. The van der Waals surface area contributed by atoms with Gasteiger partial charge in [0.15, 0.2) is 6.61 Å². The lowest BCUT2D eigenvalue weighted by Gasteiger charge is -2.14. The van der Waals surface area contributed by atoms with Crippen LogP contribution in [0.1, 0.15) is 47.8 Å². The number of benzene rings is 1. The number of aliphatic carboxylic acids is 1. The van der Waals surface area contributed by atoms with E-state index in [2.05, 4.69) is 10.4 Å². The fourth-order valence-corrected chi connectivity index (χ4v) is 3.10. The van der Waals surface area contributed by atoms with E-state index in [9.17, 15) is 9.59 Å². The van der Waals surface area contributed by atoms with Crippen molar-refractivity contribution < 1.29 is 19.4 Å². The molecular weight excluding hydrogens is 322 g/mol. The highest BCUT2D eigenvalue weighted by atomic mass is 16.5. The van der Waals surface area contributed by atoms with Gasteiger partial charge in [-0.3, -0.25) is 9.48 Å². The van der Waals surface area contributed by atoms with Crippen LogP contribution in [0.5, 0.6) is 5.75 Å². The summed E-state index contributed by atoms with van der Waals surface area (Å²) in [4.78, 5) is 23.0. The molecule has 2 aromatic rings. The molecule has 132 valence electrons. The highest BCUT2D eigenvalue weighted by Crippen LogP contribution is 2.29. The number of nitrogens with zero attached hydrogens (tertiary/aromatic N) is 2. The van der Waals surface area contributed by atoms with Gasteiger partial charge >= 0.3 is 5.97 Å². The Morgan fingerprint density at radius 1 is 1.28 bits per heavy atom. The molecule has 0 radical (unpaired) electrons. The summed E-state index contributed by atoms with van der Waals surface area (Å²) in [6.07, 6.45) is 6.13. The summed E-state index contributed by atoms with van der Waals surface area (Å²) in [6.45, 7) is -0.0602. The van der Waals surface area contributed by atoms with Gasteiger partial charge in [-0.25, -0.2) is 4.79 Å². The summed E-state index contributed by atoms with van der Waals surface area (Å²) in [7, 11) is 0. The first-order valence-electron chi connectivity index (χ1n) is 8.39. The Balaban J connectivity index is 1.60. The van der Waals surface area contributed by atoms with Crippen LogP contribution in [-0.2, 0) is 11.3 Å². The summed E-state index contributed by atoms with van der Waals surface area (Å²) in [6, 6.07) is 9.06. The predicted octanol–water partition coefficient (Wildman–Crippen LogP) is 2.39. The van der Waals surface area contributed by atoms with Crippen molar-refractivity contribution in [2.75, 3.05) is 6.61 Å². The third-order valence-corrected chi connectivity index (χ3v) is 4.29. The summed E-state index contributed by atoms with van der Waals surface area (Å²) < 4.78 is 6.98. The molecule has 1 aliphatic rings. The van der Waals surface area contributed by atoms with Crippen LogP contribution in [-0.4, -0.2) is 33.4 Å². The number of carboxylic acids is 1. The Bertz CT molecular complexity index is 750. The molecule has 1 aromatic carbocycles. The van der Waals surface area contributed by atoms with Gasteiger partial charge in [0.2, 0.25) is 0 Å². The van der Waals surface area contributed by atoms with Gasteiger partial charge in [0.25, 0.3) is 5.91 Å². The van der Waals surface area contributed by atoms with Crippen LogP contribution < -0.4 is 10.1 Å². The third-order valence-electron chi connectivity index (χ3n) is 4.29. The number of hydrogen-bond acceptors (Lipinski definition) is 4. The van der Waals surface area contributed by atoms with E-state index in [1.54, 1.807) is 30.5 Å². The smallest absolute Gasteiger partial charge is 0.341 e. The van der Waals surface area contributed by atoms with Crippen molar-refractivity contribution in [3.63, 3.8) is 0 Å². The van der Waals surface area contributed by atoms with E-state index in [0.717, 1.165) is 18.4 Å². The number of carboxylic acid groups (broad SMARTS) is 1. The molecule has 1 amide bonds. The second-order valence-electron chi connectivity index (χ2n) is 6.11. The SMILES string of the molecule is O=C(O)COc1cccc(CNC(=O)c2ccnn2C2CCCC2)c1. The molecule has 1 aliphatic carbocycles. The molecule has 3 rings (SSSR count). The summed E-state index contributed by atoms with van der Waals surface area (Å²) >= 11 is 0. The van der Waals surface area contributed by atoms with Crippen LogP contribution in [0.2, 0.25) is 0 Å². The molecule has 2 N–H and O–H groups in total. The highest BCUT2D eigenvalue weighted by Gasteiger charge is 2.22. The minimum Gasteiger partial charge on any atom is -0.482 e. The maximum atomic E-state index is 12.5. The van der Waals surface area contributed by atoms with E-state index < -0.39 is 12.6 Å². The molecule has 1 fully saturated rings. The van der Waals surface area contributed by atoms with Gasteiger partial charge in [-0.05, 0) is 36.6 Å². The average Bonchev–Trinajstić information content (AvgIpc) is 3.29. The average molecular weight is 343 g/mol. The summed E-state index contributed by atoms with van der Waals surface area (Å²) in [5.41, 5.74) is 1.41. The number of rotatable bonds is 7. The van der Waals surface area contributed by atoms with Gasteiger partial charge in [-0.1, -0.05) is 25.0 Å². The van der Waals surface area contributed by atoms with Gasteiger partial charge in [-0.2, -0.15) is 5.10 Å². The first-order valence-corrected chi connectivity index (χ1v) is 8.39. The summed E-state index contributed by atoms with van der Waals surface area (Å²) in [5, 5.41) is 15.8. The highest BCUT2D eigenvalue weighted by molar-refractivity contribution is 5.92. The number of carbonyl (C=O) groups excluding carboxylic acids is 1. The normalized spacial score (nSPS) is 14.4. The lowest BCUT2D eigenvalue weighted by atomic mass is 10.2. The van der Waals surface area contributed by atoms with Crippen molar-refractivity contribution >= 4 is 11.9 Å². The number of carbonyl (C=O) groups is 2. The van der Waals surface area contributed by atoms with E-state index in [0.29, 0.717) is 24.0 Å². The largest absolute Gasteiger partial charge is 0.482 e. The number of ether oxygens (including phenoxy) is 1. The van der Waals surface area contributed by atoms with Gasteiger partial charge in [0.1, 0.15) is 11.4 Å². The zero-order valence-electron chi connectivity index (χ0n) is 13.9. The lowest BCUT2D eigenvalue weighted by Crippen LogP contribution is -2.26. The van der Waals surface area contributed by atoms with Gasteiger partial charge in [0.05, 0.1) is 6.04 Å². The van der Waals surface area contributed by atoms with Crippen LogP contribution in [0.25, 0.3) is 0 Å². The predicted molar refractivity (Wildman–Crippen MR) is 90.5 cm³/mol. The Kier molecular flexibility index (Phi) is 5.33. The maximum Gasteiger partial charge on any atom is 0.341 e. The molecule has 0 atom stereocenters. The van der Waals surface area contributed by atoms with E-state index in [1.807, 2.05) is 10.7 Å². The fourth-order valence-electron chi connectivity index (χ4n) is 3.10. The van der Waals surface area contributed by atoms with Crippen molar-refractivity contribution in [3.05, 3.63) is 47.8 Å². The maximum absolute atomic E-state index is 12.5. The Hall–Kier alpha value is -2.83. The Morgan fingerprint density at radius 2 is 2.08 bits per heavy atom. The molecule has 0 aliphatic heterocycles. The number of amides is 1. The first-order chi connectivity index (χ1) is 12.1. The number of aromatic nitrogens is 2. The minimum atomic E-state index is -1.03. The van der Waals surface area contributed by atoms with Crippen LogP contribution >= 0.6 is 0 Å². The molecule has 0 bridgehead atoms. The van der Waals surface area contributed by atoms with Crippen molar-refractivity contribution in [2.24, 2.45) is 0 Å². The van der Waals surface area contributed by atoms with Crippen molar-refractivity contribution in [3.8, 4) is 5.75 Å². The molecule has 0 unspecified atom stereocenters. The van der Waals surface area contributed by atoms with Crippen LogP contribution in [0.4, 0.5) is 0 Å². The van der Waals surface area contributed by atoms with Crippen molar-refractivity contribution in [2.45, 2.75) is 38.3 Å². The molecule has 1 saturated carbocycles. The molecule has 7 nitrogen and oxygen atoms in total. The van der Waals surface area contributed by atoms with Gasteiger partial charge < -0.3 is 15.2 Å². The molecule has 25 heavy (non-hydrogen) atoms. The van der Waals surface area contributed by atoms with Crippen molar-refractivity contribution in [1.82, 2.24) is 15.1 Å². The second-order valence-corrected chi connectivity index (χ2v) is 6.11. The van der Waals surface area contributed by atoms with Crippen LogP contribution in [0, 0.1) is 0 Å². The van der Waals surface area contributed by atoms with E-state index in [4.69, 9.17) is 9.84 Å². The number of hydrogen-bond donors (Lipinski definition) is 2. The van der Waals surface area contributed by atoms with Crippen LogP contribution in [0.15, 0.2) is 36.5 Å².